The SMILES string of the molecule is O=S(=O)(c1cccc(-c2ccccc2)c1)n1ccc2c3c(ccc21)OCCNC3. The minimum atomic E-state index is -3.73. The molecule has 1 aromatic heterocycles. The highest BCUT2D eigenvalue weighted by Crippen LogP contribution is 2.32. The Hall–Kier alpha value is -3.09. The van der Waals surface area contributed by atoms with Crippen LogP contribution < -0.4 is 10.1 Å². The van der Waals surface area contributed by atoms with Crippen LogP contribution in [0, 0.1) is 0 Å². The van der Waals surface area contributed by atoms with E-state index in [9.17, 15) is 8.42 Å². The molecule has 0 bridgehead atoms. The van der Waals surface area contributed by atoms with E-state index in [1.807, 2.05) is 54.6 Å². The third-order valence-electron chi connectivity index (χ3n) is 5.24. The van der Waals surface area contributed by atoms with E-state index in [1.165, 1.54) is 3.97 Å². The average Bonchev–Trinajstić information content (AvgIpc) is 3.06. The molecule has 1 N–H and O–H groups in total. The van der Waals surface area contributed by atoms with Crippen LogP contribution in [0.3, 0.4) is 0 Å². The molecule has 5 nitrogen and oxygen atoms in total. The fourth-order valence-electron chi connectivity index (χ4n) is 3.79. The summed E-state index contributed by atoms with van der Waals surface area (Å²) in [5, 5.41) is 4.21. The van der Waals surface area contributed by atoms with Gasteiger partial charge < -0.3 is 10.1 Å². The van der Waals surface area contributed by atoms with Crippen LogP contribution in [-0.4, -0.2) is 25.5 Å². The van der Waals surface area contributed by atoms with Crippen LogP contribution >= 0.6 is 0 Å². The van der Waals surface area contributed by atoms with Crippen molar-refractivity contribution in [1.29, 1.82) is 0 Å². The van der Waals surface area contributed by atoms with Crippen molar-refractivity contribution in [2.45, 2.75) is 11.4 Å². The Bertz CT molecular complexity index is 1290. The lowest BCUT2D eigenvalue weighted by molar-refractivity contribution is 0.326. The van der Waals surface area contributed by atoms with Crippen molar-refractivity contribution in [2.75, 3.05) is 13.2 Å². The topological polar surface area (TPSA) is 60.3 Å². The number of hydrogen-bond acceptors (Lipinski definition) is 4. The molecule has 0 saturated carbocycles. The van der Waals surface area contributed by atoms with E-state index in [1.54, 1.807) is 24.4 Å². The van der Waals surface area contributed by atoms with Crippen molar-refractivity contribution in [3.05, 3.63) is 84.6 Å². The maximum absolute atomic E-state index is 13.4. The van der Waals surface area contributed by atoms with Crippen LogP contribution in [0.4, 0.5) is 0 Å². The first-order valence-electron chi connectivity index (χ1n) is 9.52. The second-order valence-corrected chi connectivity index (χ2v) is 8.83. The zero-order valence-corrected chi connectivity index (χ0v) is 16.5. The van der Waals surface area contributed by atoms with Gasteiger partial charge in [-0.3, -0.25) is 0 Å². The molecule has 6 heteroatoms. The van der Waals surface area contributed by atoms with Crippen LogP contribution in [0.1, 0.15) is 5.56 Å². The van der Waals surface area contributed by atoms with Crippen molar-refractivity contribution < 1.29 is 13.2 Å². The van der Waals surface area contributed by atoms with E-state index >= 15 is 0 Å². The molecule has 29 heavy (non-hydrogen) atoms. The maximum atomic E-state index is 13.4. The fraction of sp³-hybridized carbons (Fsp3) is 0.130. The molecular weight excluding hydrogens is 384 g/mol. The van der Waals surface area contributed by atoms with Crippen molar-refractivity contribution in [1.82, 2.24) is 9.29 Å². The minimum Gasteiger partial charge on any atom is -0.492 e. The Morgan fingerprint density at radius 3 is 2.59 bits per heavy atom. The molecule has 0 aliphatic carbocycles. The number of aromatic nitrogens is 1. The van der Waals surface area contributed by atoms with Crippen LogP contribution in [0.25, 0.3) is 22.0 Å². The summed E-state index contributed by atoms with van der Waals surface area (Å²) in [6.07, 6.45) is 1.63. The van der Waals surface area contributed by atoms with Crippen molar-refractivity contribution >= 4 is 20.9 Å². The summed E-state index contributed by atoms with van der Waals surface area (Å²) >= 11 is 0. The number of ether oxygens (including phenoxy) is 1. The van der Waals surface area contributed by atoms with Crippen molar-refractivity contribution in [2.24, 2.45) is 0 Å². The summed E-state index contributed by atoms with van der Waals surface area (Å²) in [5.41, 5.74) is 3.50. The molecule has 4 aromatic rings. The van der Waals surface area contributed by atoms with Crippen molar-refractivity contribution in [3.63, 3.8) is 0 Å². The Labute approximate surface area is 169 Å². The molecule has 0 unspecified atom stereocenters. The highest BCUT2D eigenvalue weighted by atomic mass is 32.2. The van der Waals surface area contributed by atoms with Gasteiger partial charge in [-0.05, 0) is 41.5 Å². The van der Waals surface area contributed by atoms with Gasteiger partial charge in [-0.15, -0.1) is 0 Å². The summed E-state index contributed by atoms with van der Waals surface area (Å²) in [6, 6.07) is 22.4. The van der Waals surface area contributed by atoms with Gasteiger partial charge in [0, 0.05) is 30.2 Å². The lowest BCUT2D eigenvalue weighted by Gasteiger charge is -2.11. The molecule has 0 saturated heterocycles. The minimum absolute atomic E-state index is 0.265. The molecule has 1 aliphatic heterocycles. The van der Waals surface area contributed by atoms with Gasteiger partial charge in [0.05, 0.1) is 10.4 Å². The molecule has 0 amide bonds. The van der Waals surface area contributed by atoms with E-state index in [0.717, 1.165) is 34.4 Å². The predicted octanol–water partition coefficient (Wildman–Crippen LogP) is 4.03. The lowest BCUT2D eigenvalue weighted by atomic mass is 10.1. The fourth-order valence-corrected chi connectivity index (χ4v) is 5.18. The van der Waals surface area contributed by atoms with Gasteiger partial charge in [-0.25, -0.2) is 12.4 Å². The first-order chi connectivity index (χ1) is 14.1. The smallest absolute Gasteiger partial charge is 0.268 e. The number of nitrogens with one attached hydrogen (secondary N) is 1. The largest absolute Gasteiger partial charge is 0.492 e. The molecular formula is C23H20N2O3S. The van der Waals surface area contributed by atoms with Gasteiger partial charge in [0.25, 0.3) is 10.0 Å². The van der Waals surface area contributed by atoms with Gasteiger partial charge in [-0.1, -0.05) is 42.5 Å². The Morgan fingerprint density at radius 2 is 1.72 bits per heavy atom. The van der Waals surface area contributed by atoms with Crippen LogP contribution in [0.15, 0.2) is 83.9 Å². The normalized spacial score (nSPS) is 14.2. The van der Waals surface area contributed by atoms with E-state index in [-0.39, 0.29) is 4.90 Å². The molecule has 0 spiro atoms. The van der Waals surface area contributed by atoms with E-state index in [2.05, 4.69) is 5.32 Å². The highest BCUT2D eigenvalue weighted by molar-refractivity contribution is 7.90. The zero-order valence-electron chi connectivity index (χ0n) is 15.7. The maximum Gasteiger partial charge on any atom is 0.268 e. The van der Waals surface area contributed by atoms with Crippen LogP contribution in [-0.2, 0) is 16.6 Å². The number of rotatable bonds is 3. The third-order valence-corrected chi connectivity index (χ3v) is 6.93. The first kappa shape index (κ1) is 18.0. The molecule has 5 rings (SSSR count). The number of hydrogen-bond donors (Lipinski definition) is 1. The van der Waals surface area contributed by atoms with Gasteiger partial charge in [0.2, 0.25) is 0 Å². The van der Waals surface area contributed by atoms with E-state index in [0.29, 0.717) is 18.7 Å². The van der Waals surface area contributed by atoms with Crippen molar-refractivity contribution in [3.8, 4) is 16.9 Å². The Balaban J connectivity index is 1.63. The summed E-state index contributed by atoms with van der Waals surface area (Å²) in [5.74, 6) is 0.809. The number of fused-ring (bicyclic) bond motifs is 3. The summed E-state index contributed by atoms with van der Waals surface area (Å²) in [4.78, 5) is 0.265. The van der Waals surface area contributed by atoms with Crippen LogP contribution in [0.2, 0.25) is 0 Å². The van der Waals surface area contributed by atoms with Gasteiger partial charge in [0.15, 0.2) is 0 Å². The highest BCUT2D eigenvalue weighted by Gasteiger charge is 2.22. The number of nitrogens with zero attached hydrogens (tertiary/aromatic N) is 1. The second kappa shape index (κ2) is 7.06. The van der Waals surface area contributed by atoms with E-state index < -0.39 is 10.0 Å². The Kier molecular flexibility index (Phi) is 4.38. The van der Waals surface area contributed by atoms with E-state index in [4.69, 9.17) is 4.74 Å². The monoisotopic (exact) mass is 404 g/mol. The Morgan fingerprint density at radius 1 is 0.897 bits per heavy atom. The molecule has 0 radical (unpaired) electrons. The molecule has 0 atom stereocenters. The van der Waals surface area contributed by atoms with Gasteiger partial charge in [-0.2, -0.15) is 0 Å². The molecule has 3 aromatic carbocycles. The molecule has 2 heterocycles. The summed E-state index contributed by atoms with van der Waals surface area (Å²) in [6.45, 7) is 2.02. The first-order valence-corrected chi connectivity index (χ1v) is 11.0. The third kappa shape index (κ3) is 3.10. The summed E-state index contributed by atoms with van der Waals surface area (Å²) < 4.78 is 34.0. The number of benzene rings is 3. The summed E-state index contributed by atoms with van der Waals surface area (Å²) in [7, 11) is -3.73. The standard InChI is InChI=1S/C23H20N2O3S/c26-29(27,19-8-4-7-18(15-19)17-5-2-1-3-6-17)25-13-11-20-21-16-24-12-14-28-23(21)10-9-22(20)25/h1-11,13,15,24H,12,14,16H2. The van der Waals surface area contributed by atoms with Gasteiger partial charge >= 0.3 is 0 Å². The predicted molar refractivity (Wildman–Crippen MR) is 114 cm³/mol. The lowest BCUT2D eigenvalue weighted by Crippen LogP contribution is -2.16. The van der Waals surface area contributed by atoms with Gasteiger partial charge in [0.1, 0.15) is 12.4 Å². The molecule has 146 valence electrons. The second-order valence-electron chi connectivity index (χ2n) is 7.01. The molecule has 0 fully saturated rings. The average molecular weight is 404 g/mol. The van der Waals surface area contributed by atoms with Crippen LogP contribution in [0.5, 0.6) is 5.75 Å². The quantitative estimate of drug-likeness (QED) is 0.560. The molecule has 1 aliphatic rings. The zero-order chi connectivity index (χ0) is 19.8.